The lowest BCUT2D eigenvalue weighted by Gasteiger charge is -2.13. The van der Waals surface area contributed by atoms with Crippen LogP contribution >= 0.6 is 0 Å². The number of nitrogens with zero attached hydrogens (tertiary/aromatic N) is 1. The number of aromatic nitrogens is 1. The first-order valence-electron chi connectivity index (χ1n) is 10.5. The molecule has 5 aromatic rings. The molecule has 0 unspecified atom stereocenters. The lowest BCUT2D eigenvalue weighted by Crippen LogP contribution is -2.14. The Morgan fingerprint density at radius 3 is 2.30 bits per heavy atom. The Bertz CT molecular complexity index is 1500. The zero-order valence-corrected chi connectivity index (χ0v) is 17.6. The molecule has 0 aliphatic heterocycles. The van der Waals surface area contributed by atoms with E-state index in [1.807, 2.05) is 66.7 Å². The maximum atomic E-state index is 13.2. The summed E-state index contributed by atoms with van der Waals surface area (Å²) in [5.41, 5.74) is 2.88. The number of para-hydroxylation sites is 1. The maximum Gasteiger partial charge on any atom is 0.274 e. The van der Waals surface area contributed by atoms with Gasteiger partial charge in [-0.1, -0.05) is 54.6 Å². The fourth-order valence-corrected chi connectivity index (χ4v) is 3.96. The maximum absolute atomic E-state index is 13.2. The van der Waals surface area contributed by atoms with Gasteiger partial charge in [0.25, 0.3) is 5.91 Å². The molecule has 4 aromatic carbocycles. The number of benzene rings is 4. The predicted molar refractivity (Wildman–Crippen MR) is 128 cm³/mol. The van der Waals surface area contributed by atoms with Gasteiger partial charge in [-0.3, -0.25) is 9.59 Å². The standard InChI is InChI=1S/C28H19FN2O2/c29-22-14-11-19(12-15-22)26(32)17-21-8-3-6-20-7-4-10-24(27(20)21)31-28(33)25-16-13-18-5-1-2-9-23(18)30-25/h1-16H,17H2,(H,31,33). The molecule has 0 atom stereocenters. The molecule has 0 aliphatic rings. The minimum Gasteiger partial charge on any atom is -0.320 e. The molecule has 5 heteroatoms. The van der Waals surface area contributed by atoms with Crippen LogP contribution in [0.5, 0.6) is 0 Å². The lowest BCUT2D eigenvalue weighted by molar-refractivity contribution is 0.0991. The van der Waals surface area contributed by atoms with E-state index >= 15 is 0 Å². The number of fused-ring (bicyclic) bond motifs is 2. The average molecular weight is 434 g/mol. The summed E-state index contributed by atoms with van der Waals surface area (Å²) >= 11 is 0. The summed E-state index contributed by atoms with van der Waals surface area (Å²) in [6.45, 7) is 0. The molecule has 1 amide bonds. The van der Waals surface area contributed by atoms with Gasteiger partial charge in [-0.2, -0.15) is 0 Å². The third kappa shape index (κ3) is 4.21. The average Bonchev–Trinajstić information content (AvgIpc) is 2.84. The molecule has 0 bridgehead atoms. The van der Waals surface area contributed by atoms with Crippen molar-refractivity contribution in [3.05, 3.63) is 120 Å². The van der Waals surface area contributed by atoms with E-state index in [-0.39, 0.29) is 23.9 Å². The molecule has 33 heavy (non-hydrogen) atoms. The van der Waals surface area contributed by atoms with Crippen LogP contribution in [0.1, 0.15) is 26.4 Å². The first-order valence-corrected chi connectivity index (χ1v) is 10.5. The van der Waals surface area contributed by atoms with Crippen molar-refractivity contribution in [2.75, 3.05) is 5.32 Å². The Kier molecular flexibility index (Phi) is 5.37. The zero-order valence-electron chi connectivity index (χ0n) is 17.6. The topological polar surface area (TPSA) is 59.1 Å². The van der Waals surface area contributed by atoms with E-state index in [2.05, 4.69) is 10.3 Å². The van der Waals surface area contributed by atoms with E-state index in [4.69, 9.17) is 0 Å². The van der Waals surface area contributed by atoms with E-state index in [9.17, 15) is 14.0 Å². The summed E-state index contributed by atoms with van der Waals surface area (Å²) in [6, 6.07) is 28.0. The number of ketones is 1. The molecule has 4 nitrogen and oxygen atoms in total. The Balaban J connectivity index is 1.48. The van der Waals surface area contributed by atoms with Gasteiger partial charge in [0.05, 0.1) is 5.52 Å². The van der Waals surface area contributed by atoms with Crippen LogP contribution in [-0.4, -0.2) is 16.7 Å². The molecule has 0 saturated carbocycles. The number of amides is 1. The summed E-state index contributed by atoms with van der Waals surface area (Å²) in [4.78, 5) is 30.3. The van der Waals surface area contributed by atoms with Crippen LogP contribution in [0.4, 0.5) is 10.1 Å². The summed E-state index contributed by atoms with van der Waals surface area (Å²) in [7, 11) is 0. The van der Waals surface area contributed by atoms with Crippen LogP contribution < -0.4 is 5.32 Å². The van der Waals surface area contributed by atoms with Crippen molar-refractivity contribution in [3.8, 4) is 0 Å². The third-order valence-electron chi connectivity index (χ3n) is 5.59. The van der Waals surface area contributed by atoms with E-state index in [1.165, 1.54) is 24.3 Å². The minimum atomic E-state index is -0.385. The van der Waals surface area contributed by atoms with Crippen LogP contribution in [0, 0.1) is 5.82 Å². The van der Waals surface area contributed by atoms with Crippen molar-refractivity contribution in [1.82, 2.24) is 4.98 Å². The molecule has 1 N–H and O–H groups in total. The molecule has 160 valence electrons. The number of anilines is 1. The Labute approximate surface area is 189 Å². The number of halogens is 1. The second-order valence-electron chi connectivity index (χ2n) is 7.77. The largest absolute Gasteiger partial charge is 0.320 e. The monoisotopic (exact) mass is 434 g/mol. The smallest absolute Gasteiger partial charge is 0.274 e. The third-order valence-corrected chi connectivity index (χ3v) is 5.59. The quantitative estimate of drug-likeness (QED) is 0.335. The summed E-state index contributed by atoms with van der Waals surface area (Å²) < 4.78 is 13.2. The second kappa shape index (κ2) is 8.63. The highest BCUT2D eigenvalue weighted by molar-refractivity contribution is 6.10. The van der Waals surface area contributed by atoms with Crippen LogP contribution in [0.2, 0.25) is 0 Å². The van der Waals surface area contributed by atoms with Crippen LogP contribution in [-0.2, 0) is 6.42 Å². The summed E-state index contributed by atoms with van der Waals surface area (Å²) in [5.74, 6) is -0.836. The number of carbonyl (C=O) groups excluding carboxylic acids is 2. The first kappa shape index (κ1) is 20.5. The highest BCUT2D eigenvalue weighted by atomic mass is 19.1. The minimum absolute atomic E-state index is 0.125. The predicted octanol–water partition coefficient (Wildman–Crippen LogP) is 6.20. The Morgan fingerprint density at radius 2 is 1.48 bits per heavy atom. The number of carbonyl (C=O) groups is 2. The van der Waals surface area contributed by atoms with Gasteiger partial charge in [-0.25, -0.2) is 9.37 Å². The van der Waals surface area contributed by atoms with Crippen LogP contribution in [0.15, 0.2) is 97.1 Å². The summed E-state index contributed by atoms with van der Waals surface area (Å²) in [6.07, 6.45) is 0.129. The number of hydrogen-bond acceptors (Lipinski definition) is 3. The zero-order chi connectivity index (χ0) is 22.8. The fraction of sp³-hybridized carbons (Fsp3) is 0.0357. The lowest BCUT2D eigenvalue weighted by atomic mass is 9.96. The van der Waals surface area contributed by atoms with Crippen LogP contribution in [0.3, 0.4) is 0 Å². The van der Waals surface area contributed by atoms with E-state index in [0.717, 1.165) is 27.2 Å². The second-order valence-corrected chi connectivity index (χ2v) is 7.77. The van der Waals surface area contributed by atoms with Gasteiger partial charge in [0.15, 0.2) is 5.78 Å². The van der Waals surface area contributed by atoms with Gasteiger partial charge >= 0.3 is 0 Å². The van der Waals surface area contributed by atoms with E-state index in [1.54, 1.807) is 6.07 Å². The number of rotatable bonds is 5. The number of hydrogen-bond donors (Lipinski definition) is 1. The SMILES string of the molecule is O=C(Cc1cccc2cccc(NC(=O)c3ccc4ccccc4n3)c12)c1ccc(F)cc1. The van der Waals surface area contributed by atoms with Crippen molar-refractivity contribution in [2.24, 2.45) is 0 Å². The molecule has 0 saturated heterocycles. The van der Waals surface area contributed by atoms with Gasteiger partial charge in [0.2, 0.25) is 0 Å². The molecule has 0 fully saturated rings. The van der Waals surface area contributed by atoms with Crippen molar-refractivity contribution in [2.45, 2.75) is 6.42 Å². The van der Waals surface area contributed by atoms with Crippen molar-refractivity contribution in [3.63, 3.8) is 0 Å². The van der Waals surface area contributed by atoms with E-state index < -0.39 is 0 Å². The number of Topliss-reactive ketones (excluding diaryl/α,β-unsaturated/α-hetero) is 1. The highest BCUT2D eigenvalue weighted by Crippen LogP contribution is 2.29. The normalized spacial score (nSPS) is 10.9. The molecular weight excluding hydrogens is 415 g/mol. The van der Waals surface area contributed by atoms with Gasteiger partial charge in [-0.05, 0) is 53.4 Å². The van der Waals surface area contributed by atoms with Crippen LogP contribution in [0.25, 0.3) is 21.7 Å². The van der Waals surface area contributed by atoms with Gasteiger partial charge in [0.1, 0.15) is 11.5 Å². The number of nitrogens with one attached hydrogen (secondary N) is 1. The Hall–Kier alpha value is -4.38. The Morgan fingerprint density at radius 1 is 0.758 bits per heavy atom. The number of pyridine rings is 1. The molecule has 0 aliphatic carbocycles. The van der Waals surface area contributed by atoms with Crippen molar-refractivity contribution < 1.29 is 14.0 Å². The van der Waals surface area contributed by atoms with Gasteiger partial charge in [0, 0.05) is 28.4 Å². The van der Waals surface area contributed by atoms with Gasteiger partial charge < -0.3 is 5.32 Å². The van der Waals surface area contributed by atoms with E-state index in [0.29, 0.717) is 16.9 Å². The first-order chi connectivity index (χ1) is 16.1. The summed E-state index contributed by atoms with van der Waals surface area (Å²) in [5, 5.41) is 5.63. The van der Waals surface area contributed by atoms with Crippen molar-refractivity contribution >= 4 is 39.1 Å². The highest BCUT2D eigenvalue weighted by Gasteiger charge is 2.15. The van der Waals surface area contributed by atoms with Gasteiger partial charge in [-0.15, -0.1) is 0 Å². The fourth-order valence-electron chi connectivity index (χ4n) is 3.96. The molecule has 0 spiro atoms. The molecule has 5 rings (SSSR count). The molecular formula is C28H19FN2O2. The molecule has 1 heterocycles. The molecule has 1 aromatic heterocycles. The molecule has 0 radical (unpaired) electrons. The van der Waals surface area contributed by atoms with Crippen molar-refractivity contribution in [1.29, 1.82) is 0 Å².